The first-order valence-electron chi connectivity index (χ1n) is 6.19. The second kappa shape index (κ2) is 6.48. The second-order valence-electron chi connectivity index (χ2n) is 4.37. The Bertz CT molecular complexity index is 832. The maximum atomic E-state index is 12.0. The highest BCUT2D eigenvalue weighted by Crippen LogP contribution is 2.28. The number of para-hydroxylation sites is 2. The van der Waals surface area contributed by atoms with Crippen LogP contribution in [-0.4, -0.2) is 20.7 Å². The number of nitrogens with zero attached hydrogens (tertiary/aromatic N) is 3. The lowest BCUT2D eigenvalue weighted by Crippen LogP contribution is -2.10. The van der Waals surface area contributed by atoms with Gasteiger partial charge >= 0.3 is 11.7 Å². The third kappa shape index (κ3) is 3.47. The van der Waals surface area contributed by atoms with Crippen LogP contribution in [0.25, 0.3) is 0 Å². The Morgan fingerprint density at radius 2 is 1.38 bits per heavy atom. The number of carbonyl (C=O) groups excluding carboxylic acids is 1. The summed E-state index contributed by atoms with van der Waals surface area (Å²) in [6.07, 6.45) is 0. The quantitative estimate of drug-likeness (QED) is 0.350. The molecular formula is C13H7N3O8. The molecule has 0 aliphatic carbocycles. The first-order valence-corrected chi connectivity index (χ1v) is 6.19. The Balaban J connectivity index is 2.42. The minimum absolute atomic E-state index is 0.387. The van der Waals surface area contributed by atoms with Gasteiger partial charge in [0.1, 0.15) is 0 Å². The molecule has 0 saturated heterocycles. The van der Waals surface area contributed by atoms with E-state index in [1.807, 2.05) is 0 Å². The number of hydrogen-bond acceptors (Lipinski definition) is 8. The van der Waals surface area contributed by atoms with Gasteiger partial charge in [0.25, 0.3) is 11.4 Å². The van der Waals surface area contributed by atoms with Crippen molar-refractivity contribution in [3.8, 4) is 5.75 Å². The van der Waals surface area contributed by atoms with E-state index in [0.29, 0.717) is 6.07 Å². The third-order valence-electron chi connectivity index (χ3n) is 2.82. The van der Waals surface area contributed by atoms with E-state index in [1.165, 1.54) is 12.1 Å². The van der Waals surface area contributed by atoms with Gasteiger partial charge in [-0.1, -0.05) is 12.1 Å². The second-order valence-corrected chi connectivity index (χ2v) is 4.37. The molecule has 0 aliphatic heterocycles. The van der Waals surface area contributed by atoms with Gasteiger partial charge in [0.05, 0.1) is 26.4 Å². The summed E-state index contributed by atoms with van der Waals surface area (Å²) in [6.45, 7) is 0. The summed E-state index contributed by atoms with van der Waals surface area (Å²) in [7, 11) is 0. The van der Waals surface area contributed by atoms with E-state index in [0.717, 1.165) is 24.3 Å². The van der Waals surface area contributed by atoms with Crippen LogP contribution in [-0.2, 0) is 0 Å². The van der Waals surface area contributed by atoms with Crippen molar-refractivity contribution in [1.29, 1.82) is 0 Å². The molecule has 2 aromatic rings. The molecule has 0 fully saturated rings. The third-order valence-corrected chi connectivity index (χ3v) is 2.82. The first kappa shape index (κ1) is 16.5. The predicted octanol–water partition coefficient (Wildman–Crippen LogP) is 2.63. The van der Waals surface area contributed by atoms with Crippen LogP contribution in [0.15, 0.2) is 42.5 Å². The molecule has 122 valence electrons. The van der Waals surface area contributed by atoms with Crippen LogP contribution in [0.5, 0.6) is 5.75 Å². The zero-order valence-electron chi connectivity index (χ0n) is 11.6. The fraction of sp³-hybridized carbons (Fsp3) is 0. The molecule has 0 bridgehead atoms. The van der Waals surface area contributed by atoms with Gasteiger partial charge in [-0.2, -0.15) is 0 Å². The number of nitro groups is 3. The molecule has 0 heterocycles. The molecule has 2 aromatic carbocycles. The minimum atomic E-state index is -1.20. The van der Waals surface area contributed by atoms with Gasteiger partial charge in [-0.25, -0.2) is 4.79 Å². The van der Waals surface area contributed by atoms with Crippen molar-refractivity contribution < 1.29 is 24.3 Å². The van der Waals surface area contributed by atoms with E-state index in [2.05, 4.69) is 0 Å². The highest BCUT2D eigenvalue weighted by atomic mass is 16.6. The Kier molecular flexibility index (Phi) is 4.45. The summed E-state index contributed by atoms with van der Waals surface area (Å²) in [5, 5.41) is 32.4. The van der Waals surface area contributed by atoms with Crippen LogP contribution in [0.3, 0.4) is 0 Å². The van der Waals surface area contributed by atoms with E-state index in [4.69, 9.17) is 4.74 Å². The highest BCUT2D eigenvalue weighted by Gasteiger charge is 2.23. The molecule has 2 rings (SSSR count). The predicted molar refractivity (Wildman–Crippen MR) is 77.8 cm³/mol. The molecule has 0 atom stereocenters. The molecule has 0 aliphatic rings. The molecule has 0 spiro atoms. The topological polar surface area (TPSA) is 156 Å². The van der Waals surface area contributed by atoms with Gasteiger partial charge in [0.15, 0.2) is 0 Å². The summed E-state index contributed by atoms with van der Waals surface area (Å²) >= 11 is 0. The smallest absolute Gasteiger partial charge is 0.344 e. The van der Waals surface area contributed by atoms with Crippen molar-refractivity contribution in [1.82, 2.24) is 0 Å². The number of esters is 1. The number of carbonyl (C=O) groups is 1. The van der Waals surface area contributed by atoms with Gasteiger partial charge in [-0.3, -0.25) is 30.3 Å². The van der Waals surface area contributed by atoms with Gasteiger partial charge in [-0.05, 0) is 6.07 Å². The van der Waals surface area contributed by atoms with Crippen molar-refractivity contribution in [2.75, 3.05) is 0 Å². The molecule has 0 unspecified atom stereocenters. The van der Waals surface area contributed by atoms with Gasteiger partial charge in [0, 0.05) is 18.2 Å². The average Bonchev–Trinajstić information content (AvgIpc) is 2.54. The number of nitro benzene ring substituents is 3. The van der Waals surface area contributed by atoms with Gasteiger partial charge < -0.3 is 4.74 Å². The molecule has 0 N–H and O–H groups in total. The lowest BCUT2D eigenvalue weighted by molar-refractivity contribution is -0.394. The van der Waals surface area contributed by atoms with Crippen LogP contribution in [0, 0.1) is 30.3 Å². The molecule has 0 saturated carbocycles. The Morgan fingerprint density at radius 1 is 0.833 bits per heavy atom. The van der Waals surface area contributed by atoms with Crippen LogP contribution in [0.2, 0.25) is 0 Å². The number of benzene rings is 2. The highest BCUT2D eigenvalue weighted by molar-refractivity contribution is 5.93. The maximum Gasteiger partial charge on any atom is 0.344 e. The summed E-state index contributed by atoms with van der Waals surface area (Å²) in [5.41, 5.74) is -2.34. The maximum absolute atomic E-state index is 12.0. The fourth-order valence-corrected chi connectivity index (χ4v) is 1.78. The van der Waals surface area contributed by atoms with E-state index in [-0.39, 0.29) is 5.75 Å². The Morgan fingerprint density at radius 3 is 1.88 bits per heavy atom. The van der Waals surface area contributed by atoms with E-state index in [1.54, 1.807) is 0 Å². The van der Waals surface area contributed by atoms with Crippen molar-refractivity contribution in [2.24, 2.45) is 0 Å². The van der Waals surface area contributed by atoms with Crippen molar-refractivity contribution in [3.05, 3.63) is 78.4 Å². The normalized spacial score (nSPS) is 10.0. The van der Waals surface area contributed by atoms with Gasteiger partial charge in [-0.15, -0.1) is 0 Å². The number of rotatable bonds is 5. The van der Waals surface area contributed by atoms with E-state index >= 15 is 0 Å². The molecule has 24 heavy (non-hydrogen) atoms. The monoisotopic (exact) mass is 333 g/mol. The van der Waals surface area contributed by atoms with Crippen molar-refractivity contribution in [3.63, 3.8) is 0 Å². The van der Waals surface area contributed by atoms with E-state index < -0.39 is 43.4 Å². The van der Waals surface area contributed by atoms with Crippen LogP contribution < -0.4 is 4.74 Å². The van der Waals surface area contributed by atoms with Crippen LogP contribution in [0.4, 0.5) is 17.1 Å². The van der Waals surface area contributed by atoms with E-state index in [9.17, 15) is 35.1 Å². The largest absolute Gasteiger partial charge is 0.416 e. The molecule has 0 amide bonds. The minimum Gasteiger partial charge on any atom is -0.416 e. The number of hydrogen-bond donors (Lipinski definition) is 0. The van der Waals surface area contributed by atoms with Gasteiger partial charge in [0.2, 0.25) is 5.75 Å². The van der Waals surface area contributed by atoms with Crippen molar-refractivity contribution >= 4 is 23.0 Å². The zero-order chi connectivity index (χ0) is 17.9. The lowest BCUT2D eigenvalue weighted by atomic mass is 10.1. The average molecular weight is 333 g/mol. The SMILES string of the molecule is O=C(Oc1ccccc1[N+](=O)[O-])c1cc([N+](=O)[O-])cc([N+](=O)[O-])c1. The number of non-ortho nitro benzene ring substituents is 2. The summed E-state index contributed by atoms with van der Waals surface area (Å²) in [4.78, 5) is 41.9. The molecular weight excluding hydrogens is 326 g/mol. The fourth-order valence-electron chi connectivity index (χ4n) is 1.78. The number of ether oxygens (including phenoxy) is 1. The molecule has 11 nitrogen and oxygen atoms in total. The lowest BCUT2D eigenvalue weighted by Gasteiger charge is -2.05. The summed E-state index contributed by atoms with van der Waals surface area (Å²) in [5.74, 6) is -1.59. The van der Waals surface area contributed by atoms with Crippen LogP contribution in [0.1, 0.15) is 10.4 Å². The first-order chi connectivity index (χ1) is 11.3. The van der Waals surface area contributed by atoms with Crippen molar-refractivity contribution in [2.45, 2.75) is 0 Å². The Hall–Kier alpha value is -3.89. The zero-order valence-corrected chi connectivity index (χ0v) is 11.6. The standard InChI is InChI=1S/C13H7N3O8/c17-13(24-12-4-2-1-3-11(12)16(22)23)8-5-9(14(18)19)7-10(6-8)15(20)21/h1-7H. The molecule has 11 heteroatoms. The van der Waals surface area contributed by atoms with Crippen LogP contribution >= 0.6 is 0 Å². The summed E-state index contributed by atoms with van der Waals surface area (Å²) < 4.78 is 4.84. The molecule has 0 aromatic heterocycles. The molecule has 0 radical (unpaired) electrons. The summed E-state index contributed by atoms with van der Waals surface area (Å²) in [6, 6.07) is 7.23. The Labute approximate surface area is 132 Å².